The van der Waals surface area contributed by atoms with Gasteiger partial charge in [-0.25, -0.2) is 9.59 Å². The number of anilines is 1. The summed E-state index contributed by atoms with van der Waals surface area (Å²) in [5.41, 5.74) is 0.344. The number of benzene rings is 3. The maximum atomic E-state index is 13.0. The number of para-hydroxylation sites is 2. The van der Waals surface area contributed by atoms with Gasteiger partial charge in [-0.05, 0) is 96.3 Å². The summed E-state index contributed by atoms with van der Waals surface area (Å²) in [7, 11) is 0. The Labute approximate surface area is 247 Å². The number of ether oxygens (including phenoxy) is 4. The minimum atomic E-state index is -0.853. The fourth-order valence-corrected chi connectivity index (χ4v) is 3.68. The average Bonchev–Trinajstić information content (AvgIpc) is 2.90. The molecule has 1 amide bonds. The summed E-state index contributed by atoms with van der Waals surface area (Å²) in [6.45, 7) is 10.8. The summed E-state index contributed by atoms with van der Waals surface area (Å²) >= 11 is 0. The molecule has 3 aromatic carbocycles. The molecule has 1 N–H and O–H groups in total. The van der Waals surface area contributed by atoms with Crippen LogP contribution in [0.25, 0.3) is 0 Å². The summed E-state index contributed by atoms with van der Waals surface area (Å²) in [5.74, 6) is -1.59. The minimum Gasteiger partial charge on any atom is -0.494 e. The fraction of sp³-hybridized carbons (Fsp3) is 0.324. The smallest absolute Gasteiger partial charge is 0.375 e. The van der Waals surface area contributed by atoms with Crippen molar-refractivity contribution in [3.05, 3.63) is 102 Å². The first kappa shape index (κ1) is 31.9. The monoisotopic (exact) mass is 573 g/mol. The van der Waals surface area contributed by atoms with Crippen LogP contribution in [-0.2, 0) is 25.5 Å². The average molecular weight is 574 g/mol. The van der Waals surface area contributed by atoms with E-state index in [4.69, 9.17) is 18.9 Å². The number of hydrogen-bond acceptors (Lipinski definition) is 7. The quantitative estimate of drug-likeness (QED) is 0.115. The molecule has 0 atom stereocenters. The van der Waals surface area contributed by atoms with Gasteiger partial charge in [-0.2, -0.15) is 0 Å². The number of carbonyl (C=O) groups is 3. The van der Waals surface area contributed by atoms with Gasteiger partial charge in [-0.1, -0.05) is 42.5 Å². The van der Waals surface area contributed by atoms with E-state index in [-0.39, 0.29) is 11.5 Å². The molecule has 0 spiro atoms. The van der Waals surface area contributed by atoms with E-state index in [1.165, 1.54) is 5.56 Å². The summed E-state index contributed by atoms with van der Waals surface area (Å²) in [6.07, 6.45) is 2.73. The lowest BCUT2D eigenvalue weighted by Gasteiger charge is -2.22. The van der Waals surface area contributed by atoms with Crippen molar-refractivity contribution < 1.29 is 33.3 Å². The normalized spacial score (nSPS) is 11.8. The van der Waals surface area contributed by atoms with Crippen molar-refractivity contribution in [1.82, 2.24) is 0 Å². The molecular formula is C34H39NO7. The zero-order chi connectivity index (χ0) is 30.8. The van der Waals surface area contributed by atoms with Gasteiger partial charge in [0.2, 0.25) is 5.76 Å². The predicted molar refractivity (Wildman–Crippen MR) is 161 cm³/mol. The molecule has 0 radical (unpaired) electrons. The maximum Gasteiger partial charge on any atom is 0.375 e. The van der Waals surface area contributed by atoms with E-state index in [2.05, 4.69) is 17.4 Å². The first-order valence-electron chi connectivity index (χ1n) is 13.8. The Balaban J connectivity index is 1.68. The summed E-state index contributed by atoms with van der Waals surface area (Å²) in [5, 5.41) is 2.80. The molecule has 0 aliphatic rings. The van der Waals surface area contributed by atoms with E-state index in [1.807, 2.05) is 18.2 Å². The topological polar surface area (TPSA) is 100 Å². The molecule has 0 aliphatic heterocycles. The number of carbonyl (C=O) groups excluding carboxylic acids is 3. The molecule has 0 aromatic heterocycles. The van der Waals surface area contributed by atoms with Gasteiger partial charge in [0.1, 0.15) is 17.0 Å². The van der Waals surface area contributed by atoms with Crippen LogP contribution in [0.1, 0.15) is 63.9 Å². The SMILES string of the molecule is CC(C)(C)OC(=O)/C=C(\Oc1ccccc1NC(=O)c1ccc(OCCCc2ccccc2)cc1)C(=O)OC(C)(C)C. The molecule has 3 rings (SSSR count). The van der Waals surface area contributed by atoms with Crippen molar-refractivity contribution in [2.45, 2.75) is 65.6 Å². The van der Waals surface area contributed by atoms with Crippen LogP contribution in [0, 0.1) is 0 Å². The lowest BCUT2D eigenvalue weighted by molar-refractivity contribution is -0.154. The van der Waals surface area contributed by atoms with Crippen molar-refractivity contribution in [3.8, 4) is 11.5 Å². The van der Waals surface area contributed by atoms with Crippen LogP contribution in [-0.4, -0.2) is 35.7 Å². The second-order valence-corrected chi connectivity index (χ2v) is 11.6. The summed E-state index contributed by atoms with van der Waals surface area (Å²) in [4.78, 5) is 38.4. The Morgan fingerprint density at radius 1 is 0.762 bits per heavy atom. The highest BCUT2D eigenvalue weighted by atomic mass is 16.6. The number of esters is 2. The van der Waals surface area contributed by atoms with Crippen LogP contribution >= 0.6 is 0 Å². The van der Waals surface area contributed by atoms with Gasteiger partial charge in [0.25, 0.3) is 5.91 Å². The molecule has 222 valence electrons. The molecule has 42 heavy (non-hydrogen) atoms. The molecule has 8 nitrogen and oxygen atoms in total. The highest BCUT2D eigenvalue weighted by Gasteiger charge is 2.25. The van der Waals surface area contributed by atoms with Gasteiger partial charge >= 0.3 is 11.9 Å². The zero-order valence-corrected chi connectivity index (χ0v) is 25.1. The fourth-order valence-electron chi connectivity index (χ4n) is 3.68. The van der Waals surface area contributed by atoms with Crippen molar-refractivity contribution in [2.75, 3.05) is 11.9 Å². The Kier molecular flexibility index (Phi) is 10.9. The van der Waals surface area contributed by atoms with Crippen molar-refractivity contribution >= 4 is 23.5 Å². The van der Waals surface area contributed by atoms with Crippen LogP contribution in [0.4, 0.5) is 5.69 Å². The van der Waals surface area contributed by atoms with Crippen LogP contribution < -0.4 is 14.8 Å². The van der Waals surface area contributed by atoms with E-state index in [1.54, 1.807) is 90.1 Å². The van der Waals surface area contributed by atoms with Gasteiger partial charge in [-0.15, -0.1) is 0 Å². The Morgan fingerprint density at radius 2 is 1.38 bits per heavy atom. The van der Waals surface area contributed by atoms with Gasteiger partial charge < -0.3 is 24.3 Å². The molecule has 0 saturated carbocycles. The summed E-state index contributed by atoms with van der Waals surface area (Å²) < 4.78 is 22.4. The molecular weight excluding hydrogens is 534 g/mol. The van der Waals surface area contributed by atoms with E-state index in [9.17, 15) is 14.4 Å². The number of aryl methyl sites for hydroxylation is 1. The van der Waals surface area contributed by atoms with Crippen molar-refractivity contribution in [2.24, 2.45) is 0 Å². The second kappa shape index (κ2) is 14.3. The van der Waals surface area contributed by atoms with Crippen molar-refractivity contribution in [3.63, 3.8) is 0 Å². The standard InChI is InChI=1S/C34H39NO7/c1-33(2,3)41-30(36)23-29(32(38)42-34(4,5)6)40-28-17-11-10-16-27(28)35-31(37)25-18-20-26(21-19-25)39-22-12-15-24-13-8-7-9-14-24/h7-11,13-14,16-21,23H,12,15,22H2,1-6H3,(H,35,37)/b29-23-. The predicted octanol–water partition coefficient (Wildman–Crippen LogP) is 6.90. The Morgan fingerprint density at radius 3 is 2.02 bits per heavy atom. The highest BCUT2D eigenvalue weighted by molar-refractivity contribution is 6.05. The molecule has 0 saturated heterocycles. The van der Waals surface area contributed by atoms with E-state index >= 15 is 0 Å². The zero-order valence-electron chi connectivity index (χ0n) is 25.1. The molecule has 0 fully saturated rings. The van der Waals surface area contributed by atoms with Gasteiger partial charge in [0.15, 0.2) is 5.75 Å². The van der Waals surface area contributed by atoms with Gasteiger partial charge in [0.05, 0.1) is 18.4 Å². The molecule has 8 heteroatoms. The number of rotatable bonds is 11. The number of amides is 1. The Bertz CT molecular complexity index is 1380. The number of hydrogen-bond donors (Lipinski definition) is 1. The molecule has 0 heterocycles. The molecule has 0 bridgehead atoms. The van der Waals surface area contributed by atoms with E-state index < -0.39 is 29.0 Å². The van der Waals surface area contributed by atoms with Crippen LogP contribution in [0.15, 0.2) is 90.7 Å². The van der Waals surface area contributed by atoms with E-state index in [0.29, 0.717) is 23.6 Å². The lowest BCUT2D eigenvalue weighted by atomic mass is 10.1. The maximum absolute atomic E-state index is 13.0. The van der Waals surface area contributed by atoms with Crippen LogP contribution in [0.5, 0.6) is 11.5 Å². The van der Waals surface area contributed by atoms with Crippen LogP contribution in [0.3, 0.4) is 0 Å². The van der Waals surface area contributed by atoms with Crippen molar-refractivity contribution in [1.29, 1.82) is 0 Å². The molecule has 0 aliphatic carbocycles. The Hall–Kier alpha value is -4.59. The third-order valence-electron chi connectivity index (χ3n) is 5.45. The second-order valence-electron chi connectivity index (χ2n) is 11.6. The first-order valence-corrected chi connectivity index (χ1v) is 13.8. The van der Waals surface area contributed by atoms with Gasteiger partial charge in [-0.3, -0.25) is 4.79 Å². The third-order valence-corrected chi connectivity index (χ3v) is 5.45. The van der Waals surface area contributed by atoms with Crippen LogP contribution in [0.2, 0.25) is 0 Å². The highest BCUT2D eigenvalue weighted by Crippen LogP contribution is 2.28. The molecule has 3 aromatic rings. The van der Waals surface area contributed by atoms with E-state index in [0.717, 1.165) is 18.9 Å². The largest absolute Gasteiger partial charge is 0.494 e. The summed E-state index contributed by atoms with van der Waals surface area (Å²) in [6, 6.07) is 23.6. The van der Waals surface area contributed by atoms with Gasteiger partial charge in [0, 0.05) is 5.56 Å². The molecule has 0 unspecified atom stereocenters. The first-order chi connectivity index (χ1) is 19.8. The third kappa shape index (κ3) is 11.1. The lowest BCUT2D eigenvalue weighted by Crippen LogP contribution is -2.28. The number of nitrogens with one attached hydrogen (secondary N) is 1. The minimum absolute atomic E-state index is 0.143.